The van der Waals surface area contributed by atoms with Gasteiger partial charge in [-0.15, -0.1) is 0 Å². The van der Waals surface area contributed by atoms with Gasteiger partial charge in [0.15, 0.2) is 0 Å². The Hall–Kier alpha value is -0.0400. The highest BCUT2D eigenvalue weighted by atomic mass is 14.9. The Bertz CT molecular complexity index is 244. The topological polar surface area (TPSA) is 12.0 Å². The van der Waals surface area contributed by atoms with E-state index < -0.39 is 0 Å². The smallest absolute Gasteiger partial charge is 0.00151 e. The zero-order valence-electron chi connectivity index (χ0n) is 12.3. The van der Waals surface area contributed by atoms with Gasteiger partial charge < -0.3 is 5.32 Å². The molecule has 0 bridgehead atoms. The summed E-state index contributed by atoms with van der Waals surface area (Å²) in [5.41, 5.74) is 1.31. The predicted octanol–water partition coefficient (Wildman–Crippen LogP) is 4.23. The lowest BCUT2D eigenvalue weighted by Gasteiger charge is -2.51. The molecule has 2 rings (SSSR count). The zero-order chi connectivity index (χ0) is 12.5. The molecular formula is C16H31N. The summed E-state index contributed by atoms with van der Waals surface area (Å²) in [5, 5.41) is 3.63. The van der Waals surface area contributed by atoms with Crippen LogP contribution in [0, 0.1) is 22.7 Å². The van der Waals surface area contributed by atoms with E-state index in [9.17, 15) is 0 Å². The van der Waals surface area contributed by atoms with Crippen LogP contribution in [0.15, 0.2) is 0 Å². The largest absolute Gasteiger partial charge is 0.316 e. The Morgan fingerprint density at radius 3 is 2.29 bits per heavy atom. The van der Waals surface area contributed by atoms with Crippen molar-refractivity contribution in [2.45, 2.75) is 66.2 Å². The molecule has 1 spiro atoms. The molecule has 1 saturated heterocycles. The van der Waals surface area contributed by atoms with Crippen molar-refractivity contribution in [3.8, 4) is 0 Å². The summed E-state index contributed by atoms with van der Waals surface area (Å²) in [6.45, 7) is 12.2. The average Bonchev–Trinajstić information content (AvgIpc) is 2.25. The number of hydrogen-bond acceptors (Lipinski definition) is 1. The fourth-order valence-corrected chi connectivity index (χ4v) is 4.02. The summed E-state index contributed by atoms with van der Waals surface area (Å²) in [6, 6.07) is 0. The minimum Gasteiger partial charge on any atom is -0.316 e. The normalized spacial score (nSPS) is 31.9. The van der Waals surface area contributed by atoms with Crippen LogP contribution in [0.3, 0.4) is 0 Å². The highest BCUT2D eigenvalue weighted by molar-refractivity contribution is 4.96. The number of rotatable bonds is 2. The van der Waals surface area contributed by atoms with Crippen molar-refractivity contribution in [1.29, 1.82) is 0 Å². The standard InChI is InChI=1S/C16H31N/c1-13(2)11-14-12-17-10-9-16(14)7-5-15(3,4)6-8-16/h13-14,17H,5-12H2,1-4H3. The number of nitrogens with one attached hydrogen (secondary N) is 1. The van der Waals surface area contributed by atoms with Crippen LogP contribution in [0.4, 0.5) is 0 Å². The van der Waals surface area contributed by atoms with Crippen LogP contribution in [0.2, 0.25) is 0 Å². The van der Waals surface area contributed by atoms with Gasteiger partial charge in [-0.25, -0.2) is 0 Å². The van der Waals surface area contributed by atoms with Gasteiger partial charge in [-0.2, -0.15) is 0 Å². The molecule has 0 amide bonds. The lowest BCUT2D eigenvalue weighted by atomic mass is 9.56. The molecule has 1 N–H and O–H groups in total. The van der Waals surface area contributed by atoms with Gasteiger partial charge in [0.1, 0.15) is 0 Å². The first-order chi connectivity index (χ1) is 7.94. The molecule has 1 unspecified atom stereocenters. The van der Waals surface area contributed by atoms with Crippen LogP contribution in [0.5, 0.6) is 0 Å². The van der Waals surface area contributed by atoms with Gasteiger partial charge in [0.25, 0.3) is 0 Å². The molecule has 17 heavy (non-hydrogen) atoms. The second-order valence-electron chi connectivity index (χ2n) is 7.81. The number of hydrogen-bond donors (Lipinski definition) is 1. The molecule has 0 aromatic heterocycles. The monoisotopic (exact) mass is 237 g/mol. The van der Waals surface area contributed by atoms with Gasteiger partial charge in [0, 0.05) is 0 Å². The lowest BCUT2D eigenvalue weighted by Crippen LogP contribution is -2.48. The van der Waals surface area contributed by atoms with Gasteiger partial charge in [0.05, 0.1) is 0 Å². The van der Waals surface area contributed by atoms with Crippen molar-refractivity contribution in [2.75, 3.05) is 13.1 Å². The van der Waals surface area contributed by atoms with Crippen LogP contribution < -0.4 is 5.32 Å². The summed E-state index contributed by atoms with van der Waals surface area (Å²) >= 11 is 0. The Balaban J connectivity index is 2.05. The molecule has 2 aliphatic rings. The van der Waals surface area contributed by atoms with Crippen LogP contribution in [0.1, 0.15) is 66.2 Å². The molecule has 2 fully saturated rings. The fraction of sp³-hybridized carbons (Fsp3) is 1.00. The molecule has 1 heterocycles. The minimum atomic E-state index is 0.610. The Morgan fingerprint density at radius 2 is 1.71 bits per heavy atom. The third kappa shape index (κ3) is 3.05. The van der Waals surface area contributed by atoms with E-state index in [2.05, 4.69) is 33.0 Å². The van der Waals surface area contributed by atoms with E-state index in [0.717, 1.165) is 11.8 Å². The molecular weight excluding hydrogens is 206 g/mol. The highest BCUT2D eigenvalue weighted by Crippen LogP contribution is 2.53. The quantitative estimate of drug-likeness (QED) is 0.758. The minimum absolute atomic E-state index is 0.610. The molecule has 1 aliphatic carbocycles. The zero-order valence-corrected chi connectivity index (χ0v) is 12.3. The summed E-state index contributed by atoms with van der Waals surface area (Å²) in [5.74, 6) is 1.79. The molecule has 0 radical (unpaired) electrons. The molecule has 1 heteroatoms. The highest BCUT2D eigenvalue weighted by Gasteiger charge is 2.44. The van der Waals surface area contributed by atoms with Crippen molar-refractivity contribution in [3.05, 3.63) is 0 Å². The maximum atomic E-state index is 3.63. The molecule has 100 valence electrons. The first-order valence-corrected chi connectivity index (χ1v) is 7.64. The van der Waals surface area contributed by atoms with E-state index >= 15 is 0 Å². The van der Waals surface area contributed by atoms with Gasteiger partial charge in [-0.05, 0) is 74.3 Å². The van der Waals surface area contributed by atoms with E-state index in [-0.39, 0.29) is 0 Å². The molecule has 1 atom stereocenters. The SMILES string of the molecule is CC(C)CC1CNCCC12CCC(C)(C)CC2. The van der Waals surface area contributed by atoms with E-state index in [1.165, 1.54) is 51.6 Å². The Labute approximate surface area is 108 Å². The maximum absolute atomic E-state index is 3.63. The maximum Gasteiger partial charge on any atom is -0.00151 e. The predicted molar refractivity (Wildman–Crippen MR) is 75.1 cm³/mol. The van der Waals surface area contributed by atoms with Gasteiger partial charge in [0.2, 0.25) is 0 Å². The van der Waals surface area contributed by atoms with E-state index in [1.54, 1.807) is 0 Å². The van der Waals surface area contributed by atoms with Crippen molar-refractivity contribution >= 4 is 0 Å². The molecule has 0 aromatic rings. The molecule has 1 aliphatic heterocycles. The van der Waals surface area contributed by atoms with Gasteiger partial charge in [-0.1, -0.05) is 27.7 Å². The lowest BCUT2D eigenvalue weighted by molar-refractivity contribution is 0.00872. The number of piperidine rings is 1. The molecule has 0 aromatic carbocycles. The Kier molecular flexibility index (Phi) is 3.87. The fourth-order valence-electron chi connectivity index (χ4n) is 4.02. The van der Waals surface area contributed by atoms with Crippen LogP contribution in [-0.2, 0) is 0 Å². The summed E-state index contributed by atoms with van der Waals surface area (Å²) in [7, 11) is 0. The Morgan fingerprint density at radius 1 is 1.06 bits per heavy atom. The van der Waals surface area contributed by atoms with Crippen LogP contribution in [-0.4, -0.2) is 13.1 Å². The van der Waals surface area contributed by atoms with Crippen molar-refractivity contribution in [2.24, 2.45) is 22.7 Å². The first-order valence-electron chi connectivity index (χ1n) is 7.64. The second kappa shape index (κ2) is 4.91. The average molecular weight is 237 g/mol. The van der Waals surface area contributed by atoms with Crippen LogP contribution >= 0.6 is 0 Å². The molecule has 1 nitrogen and oxygen atoms in total. The first kappa shape index (κ1) is 13.4. The van der Waals surface area contributed by atoms with E-state index in [4.69, 9.17) is 0 Å². The summed E-state index contributed by atoms with van der Waals surface area (Å²) in [4.78, 5) is 0. The molecule has 1 saturated carbocycles. The van der Waals surface area contributed by atoms with Crippen LogP contribution in [0.25, 0.3) is 0 Å². The van der Waals surface area contributed by atoms with Crippen molar-refractivity contribution in [3.63, 3.8) is 0 Å². The second-order valence-corrected chi connectivity index (χ2v) is 7.81. The third-order valence-electron chi connectivity index (χ3n) is 5.41. The van der Waals surface area contributed by atoms with Gasteiger partial charge in [-0.3, -0.25) is 0 Å². The van der Waals surface area contributed by atoms with Crippen molar-refractivity contribution in [1.82, 2.24) is 5.32 Å². The summed E-state index contributed by atoms with van der Waals surface area (Å²) in [6.07, 6.45) is 8.72. The van der Waals surface area contributed by atoms with Crippen molar-refractivity contribution < 1.29 is 0 Å². The van der Waals surface area contributed by atoms with E-state index in [1.807, 2.05) is 0 Å². The summed E-state index contributed by atoms with van der Waals surface area (Å²) < 4.78 is 0. The third-order valence-corrected chi connectivity index (χ3v) is 5.41. The van der Waals surface area contributed by atoms with E-state index in [0.29, 0.717) is 10.8 Å². The van der Waals surface area contributed by atoms with Gasteiger partial charge >= 0.3 is 0 Å².